The van der Waals surface area contributed by atoms with Crippen LogP contribution in [0, 0.1) is 5.92 Å². The molecule has 1 atom stereocenters. The smallest absolute Gasteiger partial charge is 0.419 e. The lowest BCUT2D eigenvalue weighted by molar-refractivity contribution is -0.142. The number of nitrogens with one attached hydrogen (secondary N) is 1. The number of aromatic nitrogens is 2. The van der Waals surface area contributed by atoms with Crippen LogP contribution in [0.1, 0.15) is 37.7 Å². The largest absolute Gasteiger partial charge is 0.469 e. The van der Waals surface area contributed by atoms with Gasteiger partial charge in [0.1, 0.15) is 0 Å². The molecule has 1 aromatic heterocycles. The molecule has 2 fully saturated rings. The number of rotatable bonds is 6. The van der Waals surface area contributed by atoms with Crippen LogP contribution >= 0.6 is 0 Å². The Morgan fingerprint density at radius 2 is 1.81 bits per heavy atom. The molecule has 1 N–H and O–H groups in total. The molecule has 3 rings (SSSR count). The quantitative estimate of drug-likeness (QED) is 0.640. The lowest BCUT2D eigenvalue weighted by atomic mass is 9.96. The SMILES string of the molecule is COC(=O)CC1CCCN(S(=O)(=O)N2CCC(Nc3ncc(C(F)(F)F)cn3)CC2)C1. The van der Waals surface area contributed by atoms with Crippen molar-refractivity contribution < 1.29 is 31.1 Å². The zero-order valence-corrected chi connectivity index (χ0v) is 18.0. The summed E-state index contributed by atoms with van der Waals surface area (Å²) in [5.41, 5.74) is -0.925. The third-order valence-electron chi connectivity index (χ3n) is 5.58. The number of carbonyl (C=O) groups excluding carboxylic acids is 1. The predicted octanol–water partition coefficient (Wildman–Crippen LogP) is 1.89. The van der Waals surface area contributed by atoms with Crippen LogP contribution in [-0.2, 0) is 25.9 Å². The van der Waals surface area contributed by atoms with Crippen LogP contribution in [0.2, 0.25) is 0 Å². The highest BCUT2D eigenvalue weighted by Gasteiger charge is 2.36. The van der Waals surface area contributed by atoms with Gasteiger partial charge in [-0.15, -0.1) is 0 Å². The van der Waals surface area contributed by atoms with Gasteiger partial charge in [-0.1, -0.05) is 0 Å². The highest BCUT2D eigenvalue weighted by atomic mass is 32.2. The minimum Gasteiger partial charge on any atom is -0.469 e. The van der Waals surface area contributed by atoms with E-state index >= 15 is 0 Å². The Morgan fingerprint density at radius 1 is 1.16 bits per heavy atom. The van der Waals surface area contributed by atoms with Gasteiger partial charge in [0, 0.05) is 51.0 Å². The van der Waals surface area contributed by atoms with Crippen molar-refractivity contribution in [3.8, 4) is 0 Å². The molecule has 13 heteroatoms. The van der Waals surface area contributed by atoms with E-state index in [0.717, 1.165) is 18.8 Å². The molecule has 2 aliphatic heterocycles. The number of ether oxygens (including phenoxy) is 1. The second-order valence-electron chi connectivity index (χ2n) is 7.77. The fourth-order valence-corrected chi connectivity index (χ4v) is 5.61. The Labute approximate surface area is 179 Å². The lowest BCUT2D eigenvalue weighted by Crippen LogP contribution is -2.51. The zero-order chi connectivity index (χ0) is 22.6. The summed E-state index contributed by atoms with van der Waals surface area (Å²) in [6.07, 6.45) is -0.452. The monoisotopic (exact) mass is 465 g/mol. The number of methoxy groups -OCH3 is 1. The maximum atomic E-state index is 13.0. The van der Waals surface area contributed by atoms with Crippen molar-refractivity contribution in [1.82, 2.24) is 18.6 Å². The summed E-state index contributed by atoms with van der Waals surface area (Å²) in [5.74, 6) is -0.329. The molecule has 0 spiro atoms. The predicted molar refractivity (Wildman–Crippen MR) is 105 cm³/mol. The fraction of sp³-hybridized carbons (Fsp3) is 0.722. The van der Waals surface area contributed by atoms with Gasteiger partial charge >= 0.3 is 12.1 Å². The molecule has 0 amide bonds. The molecule has 174 valence electrons. The Kier molecular flexibility index (Phi) is 7.37. The van der Waals surface area contributed by atoms with Gasteiger partial charge in [-0.05, 0) is 31.6 Å². The van der Waals surface area contributed by atoms with E-state index in [-0.39, 0.29) is 49.9 Å². The molecule has 3 heterocycles. The maximum absolute atomic E-state index is 13.0. The van der Waals surface area contributed by atoms with Gasteiger partial charge in [0.25, 0.3) is 10.2 Å². The van der Waals surface area contributed by atoms with E-state index in [0.29, 0.717) is 25.8 Å². The normalized spacial score (nSPS) is 22.3. The molecular weight excluding hydrogens is 439 g/mol. The molecule has 0 aliphatic carbocycles. The summed E-state index contributed by atoms with van der Waals surface area (Å²) in [4.78, 5) is 18.9. The van der Waals surface area contributed by atoms with Gasteiger partial charge in [-0.25, -0.2) is 9.97 Å². The number of anilines is 1. The van der Waals surface area contributed by atoms with Crippen LogP contribution in [0.25, 0.3) is 0 Å². The number of halogens is 3. The minimum atomic E-state index is -4.50. The Morgan fingerprint density at radius 3 is 2.39 bits per heavy atom. The van der Waals surface area contributed by atoms with Crippen molar-refractivity contribution >= 4 is 22.1 Å². The van der Waals surface area contributed by atoms with Crippen molar-refractivity contribution in [2.24, 2.45) is 5.92 Å². The summed E-state index contributed by atoms with van der Waals surface area (Å²) < 4.78 is 71.4. The van der Waals surface area contributed by atoms with Crippen molar-refractivity contribution in [1.29, 1.82) is 0 Å². The first-order valence-electron chi connectivity index (χ1n) is 10.1. The first-order chi connectivity index (χ1) is 14.6. The zero-order valence-electron chi connectivity index (χ0n) is 17.1. The van der Waals surface area contributed by atoms with E-state index in [1.54, 1.807) is 0 Å². The summed E-state index contributed by atoms with van der Waals surface area (Å²) in [6, 6.07) is -0.142. The number of esters is 1. The number of piperidine rings is 2. The Bertz CT molecular complexity index is 858. The van der Waals surface area contributed by atoms with E-state index in [2.05, 4.69) is 20.0 Å². The molecule has 1 unspecified atom stereocenters. The van der Waals surface area contributed by atoms with Crippen molar-refractivity contribution in [2.45, 2.75) is 44.3 Å². The van der Waals surface area contributed by atoms with E-state index in [4.69, 9.17) is 0 Å². The van der Waals surface area contributed by atoms with Gasteiger partial charge in [-0.2, -0.15) is 30.2 Å². The van der Waals surface area contributed by atoms with Crippen molar-refractivity contribution in [2.75, 3.05) is 38.6 Å². The molecule has 31 heavy (non-hydrogen) atoms. The van der Waals surface area contributed by atoms with Crippen LogP contribution in [0.5, 0.6) is 0 Å². The maximum Gasteiger partial charge on any atom is 0.419 e. The highest BCUT2D eigenvalue weighted by molar-refractivity contribution is 7.86. The highest BCUT2D eigenvalue weighted by Crippen LogP contribution is 2.29. The van der Waals surface area contributed by atoms with Gasteiger partial charge in [0.05, 0.1) is 12.7 Å². The molecule has 9 nitrogen and oxygen atoms in total. The Balaban J connectivity index is 1.53. The number of carbonyl (C=O) groups is 1. The van der Waals surface area contributed by atoms with Gasteiger partial charge in [0.2, 0.25) is 5.95 Å². The van der Waals surface area contributed by atoms with E-state index < -0.39 is 21.9 Å². The topological polar surface area (TPSA) is 105 Å². The second kappa shape index (κ2) is 9.65. The minimum absolute atomic E-state index is 0.0630. The second-order valence-corrected chi connectivity index (χ2v) is 9.69. The molecular formula is C18H26F3N5O4S. The average Bonchev–Trinajstić information content (AvgIpc) is 2.74. The molecule has 2 aliphatic rings. The molecule has 0 saturated carbocycles. The van der Waals surface area contributed by atoms with Crippen LogP contribution in [0.3, 0.4) is 0 Å². The van der Waals surface area contributed by atoms with E-state index in [9.17, 15) is 26.4 Å². The van der Waals surface area contributed by atoms with Crippen molar-refractivity contribution in [3.63, 3.8) is 0 Å². The first kappa shape index (κ1) is 23.7. The summed E-state index contributed by atoms with van der Waals surface area (Å²) in [6.45, 7) is 1.25. The summed E-state index contributed by atoms with van der Waals surface area (Å²) in [7, 11) is -2.34. The molecule has 0 aromatic carbocycles. The Hall–Kier alpha value is -1.99. The lowest BCUT2D eigenvalue weighted by Gasteiger charge is -2.38. The van der Waals surface area contributed by atoms with Crippen LogP contribution in [-0.4, -0.2) is 72.3 Å². The van der Waals surface area contributed by atoms with Gasteiger partial charge in [0.15, 0.2) is 0 Å². The number of nitrogens with zero attached hydrogens (tertiary/aromatic N) is 4. The fourth-order valence-electron chi connectivity index (χ4n) is 3.85. The van der Waals surface area contributed by atoms with Gasteiger partial charge in [-0.3, -0.25) is 4.79 Å². The molecule has 1 aromatic rings. The molecule has 2 saturated heterocycles. The average molecular weight is 465 g/mol. The standard InChI is InChI=1S/C18H26F3N5O4S/c1-30-16(27)9-13-3-2-6-26(12-13)31(28,29)25-7-4-15(5-8-25)24-17-22-10-14(11-23-17)18(19,20)21/h10-11,13,15H,2-9,12H2,1H3,(H,22,23,24). The molecule has 0 radical (unpaired) electrons. The van der Waals surface area contributed by atoms with Crippen molar-refractivity contribution in [3.05, 3.63) is 18.0 Å². The number of hydrogen-bond donors (Lipinski definition) is 1. The number of hydrogen-bond acceptors (Lipinski definition) is 7. The third kappa shape index (κ3) is 6.04. The third-order valence-corrected chi connectivity index (χ3v) is 7.59. The summed E-state index contributed by atoms with van der Waals surface area (Å²) in [5, 5.41) is 2.97. The number of alkyl halides is 3. The first-order valence-corrected chi connectivity index (χ1v) is 11.5. The molecule has 0 bridgehead atoms. The van der Waals surface area contributed by atoms with Gasteiger partial charge < -0.3 is 10.1 Å². The van der Waals surface area contributed by atoms with Crippen LogP contribution < -0.4 is 5.32 Å². The van der Waals surface area contributed by atoms with E-state index in [1.165, 1.54) is 15.7 Å². The summed E-state index contributed by atoms with van der Waals surface area (Å²) >= 11 is 0. The van der Waals surface area contributed by atoms with E-state index in [1.807, 2.05) is 0 Å². The van der Waals surface area contributed by atoms with Crippen LogP contribution in [0.4, 0.5) is 19.1 Å². The van der Waals surface area contributed by atoms with Crippen LogP contribution in [0.15, 0.2) is 12.4 Å².